The van der Waals surface area contributed by atoms with Gasteiger partial charge in [0.2, 0.25) is 0 Å². The Morgan fingerprint density at radius 3 is 2.73 bits per heavy atom. The van der Waals surface area contributed by atoms with Crippen LogP contribution in [0.2, 0.25) is 0 Å². The van der Waals surface area contributed by atoms with E-state index in [-0.39, 0.29) is 24.3 Å². The molecule has 1 aromatic carbocycles. The van der Waals surface area contributed by atoms with Crippen LogP contribution in [0.1, 0.15) is 30.9 Å². The monoisotopic (exact) mass is 293 g/mol. The quantitative estimate of drug-likeness (QED) is 0.901. The zero-order chi connectivity index (χ0) is 10.1. The topological polar surface area (TPSA) is 26.0 Å². The predicted octanol–water partition coefficient (Wildman–Crippen LogP) is 3.81. The highest BCUT2D eigenvalue weighted by Gasteiger charge is 2.25. The van der Waals surface area contributed by atoms with Gasteiger partial charge < -0.3 is 5.73 Å². The lowest BCUT2D eigenvalue weighted by molar-refractivity contribution is 0.542. The highest BCUT2D eigenvalue weighted by molar-refractivity contribution is 9.10. The van der Waals surface area contributed by atoms with Crippen molar-refractivity contribution in [1.29, 1.82) is 0 Å². The van der Waals surface area contributed by atoms with Crippen molar-refractivity contribution in [2.75, 3.05) is 0 Å². The maximum Gasteiger partial charge on any atom is 0.128 e. The van der Waals surface area contributed by atoms with E-state index < -0.39 is 0 Å². The van der Waals surface area contributed by atoms with Gasteiger partial charge in [-0.2, -0.15) is 0 Å². The molecule has 0 saturated heterocycles. The molecular formula is C11H14BrClFN. The molecule has 1 atom stereocenters. The van der Waals surface area contributed by atoms with Crippen LogP contribution < -0.4 is 5.73 Å². The minimum atomic E-state index is -0.193. The molecule has 84 valence electrons. The number of rotatable bonds is 3. The lowest BCUT2D eigenvalue weighted by Gasteiger charge is -2.12. The third kappa shape index (κ3) is 3.44. The second-order valence-corrected chi connectivity index (χ2v) is 4.87. The van der Waals surface area contributed by atoms with E-state index in [9.17, 15) is 4.39 Å². The first-order valence-electron chi connectivity index (χ1n) is 4.87. The predicted molar refractivity (Wildman–Crippen MR) is 65.6 cm³/mol. The zero-order valence-corrected chi connectivity index (χ0v) is 10.7. The van der Waals surface area contributed by atoms with Gasteiger partial charge in [-0.3, -0.25) is 0 Å². The average Bonchev–Trinajstić information content (AvgIpc) is 2.93. The van der Waals surface area contributed by atoms with Crippen molar-refractivity contribution in [3.63, 3.8) is 0 Å². The molecule has 1 nitrogen and oxygen atoms in total. The summed E-state index contributed by atoms with van der Waals surface area (Å²) < 4.78 is 14.3. The molecule has 15 heavy (non-hydrogen) atoms. The normalized spacial score (nSPS) is 17.0. The Morgan fingerprint density at radius 2 is 2.13 bits per heavy atom. The van der Waals surface area contributed by atoms with Gasteiger partial charge in [-0.1, -0.05) is 28.8 Å². The highest BCUT2D eigenvalue weighted by Crippen LogP contribution is 2.37. The molecule has 0 amide bonds. The molecule has 0 radical (unpaired) electrons. The van der Waals surface area contributed by atoms with E-state index in [4.69, 9.17) is 5.73 Å². The Morgan fingerprint density at radius 1 is 1.47 bits per heavy atom. The summed E-state index contributed by atoms with van der Waals surface area (Å²) in [6, 6.07) is 4.79. The van der Waals surface area contributed by atoms with Crippen LogP contribution in [0.5, 0.6) is 0 Å². The first-order chi connectivity index (χ1) is 6.66. The van der Waals surface area contributed by atoms with Gasteiger partial charge in [0.1, 0.15) is 5.82 Å². The van der Waals surface area contributed by atoms with E-state index in [2.05, 4.69) is 15.9 Å². The number of hydrogen-bond acceptors (Lipinski definition) is 1. The van der Waals surface area contributed by atoms with Gasteiger partial charge >= 0.3 is 0 Å². The van der Waals surface area contributed by atoms with Gasteiger partial charge in [0.15, 0.2) is 0 Å². The molecule has 4 heteroatoms. The number of nitrogens with two attached hydrogens (primary N) is 1. The number of hydrogen-bond donors (Lipinski definition) is 1. The third-order valence-corrected chi connectivity index (χ3v) is 3.13. The summed E-state index contributed by atoms with van der Waals surface area (Å²) in [5.74, 6) is 0.532. The summed E-state index contributed by atoms with van der Waals surface area (Å²) in [5.41, 5.74) is 6.58. The first kappa shape index (κ1) is 12.9. The van der Waals surface area contributed by atoms with E-state index in [0.29, 0.717) is 5.56 Å². The molecule has 1 fully saturated rings. The zero-order valence-electron chi connectivity index (χ0n) is 8.25. The summed E-state index contributed by atoms with van der Waals surface area (Å²) >= 11 is 3.32. The summed E-state index contributed by atoms with van der Waals surface area (Å²) in [5, 5.41) is 0. The molecule has 2 N–H and O–H groups in total. The van der Waals surface area contributed by atoms with Crippen LogP contribution >= 0.6 is 28.3 Å². The fraction of sp³-hybridized carbons (Fsp3) is 0.455. The van der Waals surface area contributed by atoms with E-state index in [1.165, 1.54) is 18.9 Å². The standard InChI is InChI=1S/C11H13BrFN.ClH/c12-8-3-4-10(13)9(6-8)11(14)5-7-1-2-7;/h3-4,6-7,11H,1-2,5,14H2;1H/t11-;/m0./s1. The molecule has 2 rings (SSSR count). The molecule has 0 aromatic heterocycles. The Balaban J connectivity index is 0.00000112. The van der Waals surface area contributed by atoms with Gasteiger partial charge in [-0.15, -0.1) is 12.4 Å². The summed E-state index contributed by atoms with van der Waals surface area (Å²) in [6.07, 6.45) is 3.42. The van der Waals surface area contributed by atoms with Crippen LogP contribution in [-0.2, 0) is 0 Å². The minimum Gasteiger partial charge on any atom is -0.324 e. The van der Waals surface area contributed by atoms with Crippen molar-refractivity contribution in [1.82, 2.24) is 0 Å². The van der Waals surface area contributed by atoms with Crippen LogP contribution in [0.25, 0.3) is 0 Å². The SMILES string of the molecule is Cl.N[C@@H](CC1CC1)c1cc(Br)ccc1F. The molecule has 1 aromatic rings. The maximum atomic E-state index is 13.4. The Labute approximate surface area is 104 Å². The van der Waals surface area contributed by atoms with Crippen LogP contribution in [-0.4, -0.2) is 0 Å². The van der Waals surface area contributed by atoms with Crippen molar-refractivity contribution in [2.24, 2.45) is 11.7 Å². The second kappa shape index (κ2) is 5.28. The summed E-state index contributed by atoms with van der Waals surface area (Å²) in [7, 11) is 0. The second-order valence-electron chi connectivity index (χ2n) is 3.95. The molecule has 1 aliphatic carbocycles. The van der Waals surface area contributed by atoms with Crippen LogP contribution in [0.4, 0.5) is 4.39 Å². The molecule has 1 saturated carbocycles. The van der Waals surface area contributed by atoms with E-state index in [1.807, 2.05) is 0 Å². The molecule has 0 heterocycles. The molecule has 0 bridgehead atoms. The maximum absolute atomic E-state index is 13.4. The lowest BCUT2D eigenvalue weighted by Crippen LogP contribution is -2.12. The Hall–Kier alpha value is -0.120. The van der Waals surface area contributed by atoms with Gasteiger partial charge in [-0.05, 0) is 30.5 Å². The number of halogens is 3. The van der Waals surface area contributed by atoms with E-state index in [0.717, 1.165) is 16.8 Å². The fourth-order valence-corrected chi connectivity index (χ4v) is 2.02. The Kier molecular flexibility index (Phi) is 4.56. The van der Waals surface area contributed by atoms with Crippen LogP contribution in [0.3, 0.4) is 0 Å². The highest BCUT2D eigenvalue weighted by atomic mass is 79.9. The van der Waals surface area contributed by atoms with E-state index in [1.54, 1.807) is 12.1 Å². The smallest absolute Gasteiger partial charge is 0.128 e. The van der Waals surface area contributed by atoms with Crippen molar-refractivity contribution in [3.05, 3.63) is 34.1 Å². The lowest BCUT2D eigenvalue weighted by atomic mass is 10.0. The van der Waals surface area contributed by atoms with Crippen molar-refractivity contribution in [2.45, 2.75) is 25.3 Å². The molecule has 0 aliphatic heterocycles. The van der Waals surface area contributed by atoms with Gasteiger partial charge in [-0.25, -0.2) is 4.39 Å². The van der Waals surface area contributed by atoms with Crippen molar-refractivity contribution < 1.29 is 4.39 Å². The number of benzene rings is 1. The van der Waals surface area contributed by atoms with E-state index >= 15 is 0 Å². The Bertz CT molecular complexity index is 341. The fourth-order valence-electron chi connectivity index (χ4n) is 1.64. The largest absolute Gasteiger partial charge is 0.324 e. The van der Waals surface area contributed by atoms with Crippen molar-refractivity contribution >= 4 is 28.3 Å². The van der Waals surface area contributed by atoms with Crippen molar-refractivity contribution in [3.8, 4) is 0 Å². The minimum absolute atomic E-state index is 0. The average molecular weight is 295 g/mol. The van der Waals surface area contributed by atoms with Crippen LogP contribution in [0, 0.1) is 11.7 Å². The molecule has 0 spiro atoms. The van der Waals surface area contributed by atoms with Gasteiger partial charge in [0, 0.05) is 16.1 Å². The third-order valence-electron chi connectivity index (χ3n) is 2.64. The first-order valence-corrected chi connectivity index (χ1v) is 5.66. The van der Waals surface area contributed by atoms with Gasteiger partial charge in [0.05, 0.1) is 0 Å². The summed E-state index contributed by atoms with van der Waals surface area (Å²) in [6.45, 7) is 0. The van der Waals surface area contributed by atoms with Crippen LogP contribution in [0.15, 0.2) is 22.7 Å². The molecule has 1 aliphatic rings. The summed E-state index contributed by atoms with van der Waals surface area (Å²) in [4.78, 5) is 0. The van der Waals surface area contributed by atoms with Gasteiger partial charge in [0.25, 0.3) is 0 Å². The molecule has 0 unspecified atom stereocenters. The molecular weight excluding hydrogens is 280 g/mol.